The molecule has 2 rings (SSSR count). The molecule has 1 aromatic carbocycles. The van der Waals surface area contributed by atoms with E-state index in [1.54, 1.807) is 0 Å². The number of hydrogen-bond donors (Lipinski definition) is 2. The van der Waals surface area contributed by atoms with Gasteiger partial charge >= 0.3 is 0 Å². The summed E-state index contributed by atoms with van der Waals surface area (Å²) in [6.45, 7) is 0.0601. The van der Waals surface area contributed by atoms with Gasteiger partial charge in [0.15, 0.2) is 5.60 Å². The van der Waals surface area contributed by atoms with Crippen molar-refractivity contribution in [1.29, 1.82) is 0 Å². The molecule has 1 aliphatic heterocycles. The van der Waals surface area contributed by atoms with Crippen molar-refractivity contribution in [2.75, 3.05) is 20.2 Å². The highest BCUT2D eigenvalue weighted by Crippen LogP contribution is 2.27. The zero-order valence-corrected chi connectivity index (χ0v) is 11.6. The standard InChI is InChI=1S/C14H17FN2O4/c1-21-10-5-2-4-9(15)11(10)12(18)17-7-3-6-14(20,8-17)13(16)19/h2,4-5,20H,3,6-8H2,1H3,(H2,16,19). The molecule has 0 aromatic heterocycles. The van der Waals surface area contributed by atoms with Crippen LogP contribution in [0.25, 0.3) is 0 Å². The highest BCUT2D eigenvalue weighted by atomic mass is 19.1. The lowest BCUT2D eigenvalue weighted by atomic mass is 9.91. The summed E-state index contributed by atoms with van der Waals surface area (Å²) in [6.07, 6.45) is 0.586. The molecule has 0 saturated carbocycles. The Labute approximate surface area is 121 Å². The lowest BCUT2D eigenvalue weighted by molar-refractivity contribution is -0.140. The number of primary amides is 1. The van der Waals surface area contributed by atoms with Crippen LogP contribution in [0.4, 0.5) is 4.39 Å². The second-order valence-corrected chi connectivity index (χ2v) is 5.04. The smallest absolute Gasteiger partial charge is 0.260 e. The lowest BCUT2D eigenvalue weighted by Gasteiger charge is -2.37. The predicted molar refractivity (Wildman–Crippen MR) is 72.2 cm³/mol. The first-order valence-electron chi connectivity index (χ1n) is 6.53. The van der Waals surface area contributed by atoms with E-state index in [1.807, 2.05) is 0 Å². The lowest BCUT2D eigenvalue weighted by Crippen LogP contribution is -2.57. The Balaban J connectivity index is 2.31. The number of halogens is 1. The van der Waals surface area contributed by atoms with Crippen molar-refractivity contribution in [1.82, 2.24) is 4.90 Å². The SMILES string of the molecule is COc1cccc(F)c1C(=O)N1CCCC(O)(C(N)=O)C1. The monoisotopic (exact) mass is 296 g/mol. The molecule has 1 aromatic rings. The molecule has 0 aliphatic carbocycles. The molecule has 0 spiro atoms. The maximum Gasteiger partial charge on any atom is 0.260 e. The van der Waals surface area contributed by atoms with Crippen LogP contribution in [0.15, 0.2) is 18.2 Å². The molecule has 1 fully saturated rings. The number of hydrogen-bond acceptors (Lipinski definition) is 4. The second kappa shape index (κ2) is 5.69. The van der Waals surface area contributed by atoms with Gasteiger partial charge in [0, 0.05) is 6.54 Å². The molecule has 0 bridgehead atoms. The highest BCUT2D eigenvalue weighted by Gasteiger charge is 2.41. The number of likely N-dealkylation sites (tertiary alicyclic amines) is 1. The van der Waals surface area contributed by atoms with E-state index in [2.05, 4.69) is 0 Å². The van der Waals surface area contributed by atoms with Crippen LogP contribution < -0.4 is 10.5 Å². The Kier molecular flexibility index (Phi) is 4.13. The molecule has 0 radical (unpaired) electrons. The van der Waals surface area contributed by atoms with Gasteiger partial charge in [0.25, 0.3) is 11.8 Å². The molecule has 2 amide bonds. The molecule has 6 nitrogen and oxygen atoms in total. The Hall–Kier alpha value is -2.15. The van der Waals surface area contributed by atoms with Crippen LogP contribution in [0.2, 0.25) is 0 Å². The average molecular weight is 296 g/mol. The summed E-state index contributed by atoms with van der Waals surface area (Å²) in [5, 5.41) is 10.1. The first-order chi connectivity index (χ1) is 9.89. The summed E-state index contributed by atoms with van der Waals surface area (Å²) < 4.78 is 18.9. The third kappa shape index (κ3) is 2.82. The molecule has 114 valence electrons. The third-order valence-electron chi connectivity index (χ3n) is 3.63. The van der Waals surface area contributed by atoms with Crippen LogP contribution in [-0.4, -0.2) is 47.6 Å². The van der Waals surface area contributed by atoms with Crippen molar-refractivity contribution < 1.29 is 23.8 Å². The van der Waals surface area contributed by atoms with E-state index in [0.717, 1.165) is 6.07 Å². The first-order valence-corrected chi connectivity index (χ1v) is 6.53. The Morgan fingerprint density at radius 3 is 2.81 bits per heavy atom. The topological polar surface area (TPSA) is 92.9 Å². The number of β-amino-alcohol motifs (C(OH)–C–C–N with tert-alkyl or cyclic N) is 1. The van der Waals surface area contributed by atoms with Gasteiger partial charge in [-0.3, -0.25) is 9.59 Å². The summed E-state index contributed by atoms with van der Waals surface area (Å²) in [7, 11) is 1.33. The fourth-order valence-corrected chi connectivity index (χ4v) is 2.45. The summed E-state index contributed by atoms with van der Waals surface area (Å²) in [6, 6.07) is 4.06. The van der Waals surface area contributed by atoms with E-state index in [1.165, 1.54) is 24.1 Å². The zero-order chi connectivity index (χ0) is 15.6. The summed E-state index contributed by atoms with van der Waals surface area (Å²) in [5.74, 6) is -2.13. The van der Waals surface area contributed by atoms with Crippen molar-refractivity contribution in [2.45, 2.75) is 18.4 Å². The van der Waals surface area contributed by atoms with Gasteiger partial charge in [-0.15, -0.1) is 0 Å². The number of ether oxygens (including phenoxy) is 1. The van der Waals surface area contributed by atoms with Crippen molar-refractivity contribution in [2.24, 2.45) is 5.73 Å². The maximum absolute atomic E-state index is 13.9. The summed E-state index contributed by atoms with van der Waals surface area (Å²) in [5.41, 5.74) is 3.18. The quantitative estimate of drug-likeness (QED) is 0.838. The molecule has 3 N–H and O–H groups in total. The fraction of sp³-hybridized carbons (Fsp3) is 0.429. The molecular formula is C14H17FN2O4. The average Bonchev–Trinajstić information content (AvgIpc) is 2.46. The van der Waals surface area contributed by atoms with Gasteiger partial charge < -0.3 is 20.5 Å². The van der Waals surface area contributed by atoms with Crippen molar-refractivity contribution >= 4 is 11.8 Å². The van der Waals surface area contributed by atoms with Crippen molar-refractivity contribution in [3.63, 3.8) is 0 Å². The normalized spacial score (nSPS) is 22.0. The maximum atomic E-state index is 13.9. The number of rotatable bonds is 3. The minimum absolute atomic E-state index is 0.105. The van der Waals surface area contributed by atoms with Crippen LogP contribution in [0.3, 0.4) is 0 Å². The number of methoxy groups -OCH3 is 1. The Bertz CT molecular complexity index is 578. The molecule has 1 saturated heterocycles. The summed E-state index contributed by atoms with van der Waals surface area (Å²) >= 11 is 0. The number of aliphatic hydroxyl groups is 1. The van der Waals surface area contributed by atoms with E-state index in [4.69, 9.17) is 10.5 Å². The van der Waals surface area contributed by atoms with E-state index >= 15 is 0 Å². The number of amides is 2. The third-order valence-corrected chi connectivity index (χ3v) is 3.63. The Morgan fingerprint density at radius 2 is 2.19 bits per heavy atom. The van der Waals surface area contributed by atoms with Gasteiger partial charge in [-0.05, 0) is 25.0 Å². The fourth-order valence-electron chi connectivity index (χ4n) is 2.45. The summed E-state index contributed by atoms with van der Waals surface area (Å²) in [4.78, 5) is 25.0. The first kappa shape index (κ1) is 15.2. The molecular weight excluding hydrogens is 279 g/mol. The van der Waals surface area contributed by atoms with Crippen LogP contribution in [-0.2, 0) is 4.79 Å². The van der Waals surface area contributed by atoms with Gasteiger partial charge in [0.1, 0.15) is 17.1 Å². The van der Waals surface area contributed by atoms with Crippen molar-refractivity contribution in [3.8, 4) is 5.75 Å². The number of carbonyl (C=O) groups is 2. The van der Waals surface area contributed by atoms with Gasteiger partial charge in [-0.2, -0.15) is 0 Å². The number of benzene rings is 1. The zero-order valence-electron chi connectivity index (χ0n) is 11.6. The van der Waals surface area contributed by atoms with Crippen LogP contribution in [0.5, 0.6) is 5.75 Å². The number of piperidine rings is 1. The largest absolute Gasteiger partial charge is 0.496 e. The number of carbonyl (C=O) groups excluding carboxylic acids is 2. The van der Waals surface area contributed by atoms with Crippen LogP contribution >= 0.6 is 0 Å². The van der Waals surface area contributed by atoms with Gasteiger partial charge in [0.2, 0.25) is 0 Å². The molecule has 1 aliphatic rings. The number of nitrogens with zero attached hydrogens (tertiary/aromatic N) is 1. The van der Waals surface area contributed by atoms with E-state index in [-0.39, 0.29) is 24.3 Å². The second-order valence-electron chi connectivity index (χ2n) is 5.04. The number of nitrogens with two attached hydrogens (primary N) is 1. The minimum atomic E-state index is -1.77. The van der Waals surface area contributed by atoms with E-state index in [0.29, 0.717) is 13.0 Å². The van der Waals surface area contributed by atoms with Gasteiger partial charge in [0.05, 0.1) is 13.7 Å². The molecule has 21 heavy (non-hydrogen) atoms. The molecule has 1 heterocycles. The van der Waals surface area contributed by atoms with E-state index in [9.17, 15) is 19.1 Å². The van der Waals surface area contributed by atoms with Crippen LogP contribution in [0, 0.1) is 5.82 Å². The highest BCUT2D eigenvalue weighted by molar-refractivity contribution is 5.98. The Morgan fingerprint density at radius 1 is 1.48 bits per heavy atom. The van der Waals surface area contributed by atoms with Gasteiger partial charge in [-0.25, -0.2) is 4.39 Å². The van der Waals surface area contributed by atoms with Crippen LogP contribution in [0.1, 0.15) is 23.2 Å². The van der Waals surface area contributed by atoms with Crippen molar-refractivity contribution in [3.05, 3.63) is 29.6 Å². The van der Waals surface area contributed by atoms with E-state index < -0.39 is 23.2 Å². The minimum Gasteiger partial charge on any atom is -0.496 e. The molecule has 1 atom stereocenters. The molecule has 7 heteroatoms. The van der Waals surface area contributed by atoms with Gasteiger partial charge in [-0.1, -0.05) is 6.07 Å². The predicted octanol–water partition coefficient (Wildman–Crippen LogP) is 0.287. The molecule has 1 unspecified atom stereocenters.